The number of carboxylic acid groups (broad SMARTS) is 1. The summed E-state index contributed by atoms with van der Waals surface area (Å²) < 4.78 is 1.72. The smallest absolute Gasteiger partial charge is 0.326 e. The van der Waals surface area contributed by atoms with Crippen molar-refractivity contribution >= 4 is 11.9 Å². The molecule has 0 aliphatic carbocycles. The lowest BCUT2D eigenvalue weighted by atomic mass is 10.0. The number of hydrogen-bond acceptors (Lipinski definition) is 3. The number of nitrogens with one attached hydrogen (secondary N) is 1. The average molecular weight is 309 g/mol. The maximum atomic E-state index is 12.5. The van der Waals surface area contributed by atoms with Crippen molar-refractivity contribution < 1.29 is 14.7 Å². The first-order valence-corrected chi connectivity index (χ1v) is 7.89. The highest BCUT2D eigenvalue weighted by atomic mass is 16.4. The molecule has 6 nitrogen and oxygen atoms in total. The molecule has 2 N–H and O–H groups in total. The third-order valence-electron chi connectivity index (χ3n) is 3.69. The Morgan fingerprint density at radius 3 is 2.36 bits per heavy atom. The van der Waals surface area contributed by atoms with Crippen molar-refractivity contribution in [3.8, 4) is 0 Å². The first-order valence-electron chi connectivity index (χ1n) is 7.89. The normalized spacial score (nSPS) is 12.7. The van der Waals surface area contributed by atoms with E-state index in [9.17, 15) is 14.7 Å². The summed E-state index contributed by atoms with van der Waals surface area (Å²) in [5.41, 5.74) is 1.19. The van der Waals surface area contributed by atoms with Crippen LogP contribution in [-0.2, 0) is 4.79 Å². The Balaban J connectivity index is 2.99. The van der Waals surface area contributed by atoms with Gasteiger partial charge in [0.05, 0.1) is 11.7 Å². The van der Waals surface area contributed by atoms with E-state index in [-0.39, 0.29) is 17.9 Å². The zero-order chi connectivity index (χ0) is 16.9. The van der Waals surface area contributed by atoms with Crippen molar-refractivity contribution in [3.63, 3.8) is 0 Å². The Hall–Kier alpha value is -1.85. The lowest BCUT2D eigenvalue weighted by Gasteiger charge is -2.19. The molecule has 1 rings (SSSR count). The Bertz CT molecular complexity index is 519. The first-order chi connectivity index (χ1) is 10.3. The quantitative estimate of drug-likeness (QED) is 0.773. The summed E-state index contributed by atoms with van der Waals surface area (Å²) in [5.74, 6) is -1.19. The number of carbonyl (C=O) groups is 2. The van der Waals surface area contributed by atoms with Crippen LogP contribution >= 0.6 is 0 Å². The minimum Gasteiger partial charge on any atom is -0.480 e. The zero-order valence-corrected chi connectivity index (χ0v) is 14.1. The van der Waals surface area contributed by atoms with Gasteiger partial charge in [0.25, 0.3) is 5.91 Å². The van der Waals surface area contributed by atoms with Crippen LogP contribution in [0.25, 0.3) is 0 Å². The van der Waals surface area contributed by atoms with Crippen molar-refractivity contribution in [2.75, 3.05) is 0 Å². The van der Waals surface area contributed by atoms with E-state index in [0.717, 1.165) is 18.5 Å². The van der Waals surface area contributed by atoms with Gasteiger partial charge < -0.3 is 10.4 Å². The van der Waals surface area contributed by atoms with E-state index in [1.54, 1.807) is 10.7 Å². The van der Waals surface area contributed by atoms with Gasteiger partial charge in [-0.2, -0.15) is 5.10 Å². The van der Waals surface area contributed by atoms with Gasteiger partial charge in [0.2, 0.25) is 0 Å². The van der Waals surface area contributed by atoms with Crippen LogP contribution in [0, 0.1) is 12.8 Å². The molecule has 1 aromatic rings. The molecular formula is C16H27N3O3. The van der Waals surface area contributed by atoms with Crippen LogP contribution in [0.5, 0.6) is 0 Å². The molecule has 1 amide bonds. The van der Waals surface area contributed by atoms with Crippen LogP contribution in [0.15, 0.2) is 6.07 Å². The third-order valence-corrected chi connectivity index (χ3v) is 3.69. The van der Waals surface area contributed by atoms with Gasteiger partial charge in [-0.15, -0.1) is 0 Å². The summed E-state index contributed by atoms with van der Waals surface area (Å²) >= 11 is 0. The molecule has 1 atom stereocenters. The highest BCUT2D eigenvalue weighted by Gasteiger charge is 2.25. The van der Waals surface area contributed by atoms with Gasteiger partial charge >= 0.3 is 5.97 Å². The van der Waals surface area contributed by atoms with Gasteiger partial charge in [-0.3, -0.25) is 9.48 Å². The molecule has 1 aromatic heterocycles. The molecule has 6 heteroatoms. The fourth-order valence-corrected chi connectivity index (χ4v) is 2.52. The summed E-state index contributed by atoms with van der Waals surface area (Å²) in [4.78, 5) is 23.8. The standard InChI is InChI=1S/C16H27N3O3/c1-6-12(7-2)19-14(9-11(5)18-19)15(20)17-13(16(21)22)8-10(3)4/h9-10,12-13H,6-8H2,1-5H3,(H,17,20)(H,21,22). The van der Waals surface area contributed by atoms with Gasteiger partial charge in [-0.05, 0) is 38.2 Å². The molecule has 0 aromatic carbocycles. The number of aliphatic carboxylic acids is 1. The minimum atomic E-state index is -1.01. The Morgan fingerprint density at radius 2 is 1.91 bits per heavy atom. The Labute approximate surface area is 131 Å². The van der Waals surface area contributed by atoms with Crippen LogP contribution in [0.1, 0.15) is 69.2 Å². The molecule has 22 heavy (non-hydrogen) atoms. The highest BCUT2D eigenvalue weighted by Crippen LogP contribution is 2.18. The minimum absolute atomic E-state index is 0.142. The van der Waals surface area contributed by atoms with Crippen LogP contribution in [0.2, 0.25) is 0 Å². The molecule has 0 fully saturated rings. The largest absolute Gasteiger partial charge is 0.480 e. The van der Waals surface area contributed by atoms with E-state index in [1.807, 2.05) is 34.6 Å². The third kappa shape index (κ3) is 4.58. The Morgan fingerprint density at radius 1 is 1.32 bits per heavy atom. The van der Waals surface area contributed by atoms with E-state index in [1.165, 1.54) is 0 Å². The molecule has 0 spiro atoms. The zero-order valence-electron chi connectivity index (χ0n) is 14.1. The van der Waals surface area contributed by atoms with Gasteiger partial charge in [0.15, 0.2) is 0 Å². The average Bonchev–Trinajstić information content (AvgIpc) is 2.81. The molecule has 0 bridgehead atoms. The number of aromatic nitrogens is 2. The topological polar surface area (TPSA) is 84.2 Å². The molecule has 0 aliphatic rings. The Kier molecular flexibility index (Phi) is 6.59. The fraction of sp³-hybridized carbons (Fsp3) is 0.688. The number of amides is 1. The van der Waals surface area contributed by atoms with Crippen molar-refractivity contribution in [1.82, 2.24) is 15.1 Å². The highest BCUT2D eigenvalue weighted by molar-refractivity contribution is 5.95. The van der Waals surface area contributed by atoms with Crippen molar-refractivity contribution in [1.29, 1.82) is 0 Å². The van der Waals surface area contributed by atoms with E-state index >= 15 is 0 Å². The monoisotopic (exact) mass is 309 g/mol. The van der Waals surface area contributed by atoms with Crippen LogP contribution in [0.4, 0.5) is 0 Å². The number of carboxylic acids is 1. The van der Waals surface area contributed by atoms with Gasteiger partial charge in [0.1, 0.15) is 11.7 Å². The van der Waals surface area contributed by atoms with E-state index in [2.05, 4.69) is 10.4 Å². The maximum Gasteiger partial charge on any atom is 0.326 e. The maximum absolute atomic E-state index is 12.5. The number of nitrogens with zero attached hydrogens (tertiary/aromatic N) is 2. The fourth-order valence-electron chi connectivity index (χ4n) is 2.52. The van der Waals surface area contributed by atoms with Crippen LogP contribution in [-0.4, -0.2) is 32.8 Å². The molecule has 0 saturated carbocycles. The van der Waals surface area contributed by atoms with Crippen molar-refractivity contribution in [2.24, 2.45) is 5.92 Å². The van der Waals surface area contributed by atoms with Crippen LogP contribution in [0.3, 0.4) is 0 Å². The summed E-state index contributed by atoms with van der Waals surface area (Å²) in [7, 11) is 0. The summed E-state index contributed by atoms with van der Waals surface area (Å²) in [5, 5.41) is 16.3. The molecule has 0 aliphatic heterocycles. The summed E-state index contributed by atoms with van der Waals surface area (Å²) in [6.45, 7) is 9.79. The number of rotatable bonds is 8. The molecular weight excluding hydrogens is 282 g/mol. The molecule has 1 unspecified atom stereocenters. The summed E-state index contributed by atoms with van der Waals surface area (Å²) in [6.07, 6.45) is 2.14. The van der Waals surface area contributed by atoms with Gasteiger partial charge in [-0.25, -0.2) is 4.79 Å². The van der Waals surface area contributed by atoms with E-state index < -0.39 is 12.0 Å². The number of carbonyl (C=O) groups excluding carboxylic acids is 1. The lowest BCUT2D eigenvalue weighted by molar-refractivity contribution is -0.139. The first kappa shape index (κ1) is 18.2. The molecule has 0 radical (unpaired) electrons. The second-order valence-corrected chi connectivity index (χ2v) is 6.08. The number of hydrogen-bond donors (Lipinski definition) is 2. The van der Waals surface area contributed by atoms with Gasteiger partial charge in [-0.1, -0.05) is 27.7 Å². The predicted molar refractivity (Wildman–Crippen MR) is 84.9 cm³/mol. The summed E-state index contributed by atoms with van der Waals surface area (Å²) in [6, 6.07) is 0.975. The second kappa shape index (κ2) is 7.96. The van der Waals surface area contributed by atoms with E-state index in [0.29, 0.717) is 12.1 Å². The molecule has 0 saturated heterocycles. The second-order valence-electron chi connectivity index (χ2n) is 6.08. The van der Waals surface area contributed by atoms with Crippen LogP contribution < -0.4 is 5.32 Å². The van der Waals surface area contributed by atoms with Gasteiger partial charge in [0, 0.05) is 0 Å². The van der Waals surface area contributed by atoms with Crippen molar-refractivity contribution in [2.45, 2.75) is 66.0 Å². The van der Waals surface area contributed by atoms with E-state index in [4.69, 9.17) is 0 Å². The molecule has 124 valence electrons. The SMILES string of the molecule is CCC(CC)n1nc(C)cc1C(=O)NC(CC(C)C)C(=O)O. The lowest BCUT2D eigenvalue weighted by Crippen LogP contribution is -2.42. The number of aryl methyl sites for hydroxylation is 1. The van der Waals surface area contributed by atoms with Crippen molar-refractivity contribution in [3.05, 3.63) is 17.5 Å². The predicted octanol–water partition coefficient (Wildman–Crippen LogP) is 2.78. The molecule has 1 heterocycles.